The van der Waals surface area contributed by atoms with Crippen LogP contribution in [-0.2, 0) is 10.0 Å². The molecule has 0 heterocycles. The Morgan fingerprint density at radius 2 is 1.81 bits per heavy atom. The van der Waals surface area contributed by atoms with E-state index in [9.17, 15) is 12.8 Å². The van der Waals surface area contributed by atoms with Crippen LogP contribution in [0.1, 0.15) is 5.56 Å². The van der Waals surface area contributed by atoms with Crippen LogP contribution in [0.2, 0.25) is 10.0 Å². The summed E-state index contributed by atoms with van der Waals surface area (Å²) in [5, 5.41) is 0.497. The Balaban J connectivity index is 2.40. The maximum atomic E-state index is 13.6. The molecule has 2 aromatic carbocycles. The summed E-state index contributed by atoms with van der Waals surface area (Å²) in [5.41, 5.74) is 6.05. The molecule has 3 N–H and O–H groups in total. The molecule has 0 radical (unpaired) electrons. The highest BCUT2D eigenvalue weighted by molar-refractivity contribution is 7.92. The second kappa shape index (κ2) is 5.71. The molecule has 0 saturated carbocycles. The van der Waals surface area contributed by atoms with Gasteiger partial charge in [-0.3, -0.25) is 4.72 Å². The van der Waals surface area contributed by atoms with E-state index >= 15 is 0 Å². The normalized spacial score (nSPS) is 11.4. The molecule has 0 aliphatic rings. The Bertz CT molecular complexity index is 787. The fourth-order valence-electron chi connectivity index (χ4n) is 1.60. The monoisotopic (exact) mass is 348 g/mol. The summed E-state index contributed by atoms with van der Waals surface area (Å²) < 4.78 is 40.3. The zero-order valence-electron chi connectivity index (χ0n) is 10.8. The van der Waals surface area contributed by atoms with Gasteiger partial charge in [0.05, 0.1) is 20.6 Å². The average Bonchev–Trinajstić information content (AvgIpc) is 2.39. The van der Waals surface area contributed by atoms with Gasteiger partial charge in [0.15, 0.2) is 0 Å². The Morgan fingerprint density at radius 1 is 1.14 bits per heavy atom. The van der Waals surface area contributed by atoms with Crippen LogP contribution < -0.4 is 10.5 Å². The molecule has 0 saturated heterocycles. The van der Waals surface area contributed by atoms with Crippen LogP contribution >= 0.6 is 23.2 Å². The number of nitrogens with one attached hydrogen (secondary N) is 1. The van der Waals surface area contributed by atoms with Crippen molar-refractivity contribution in [2.24, 2.45) is 0 Å². The molecule has 0 bridgehead atoms. The Kier molecular flexibility index (Phi) is 4.32. The van der Waals surface area contributed by atoms with E-state index < -0.39 is 15.8 Å². The number of sulfonamides is 1. The minimum atomic E-state index is -3.98. The number of nitrogens with two attached hydrogens (primary N) is 1. The molecule has 2 aromatic rings. The predicted octanol–water partition coefficient (Wildman–Crippen LogP) is 3.82. The third-order valence-electron chi connectivity index (χ3n) is 2.84. The molecular weight excluding hydrogens is 338 g/mol. The topological polar surface area (TPSA) is 72.2 Å². The third kappa shape index (κ3) is 3.40. The molecule has 0 fully saturated rings. The first-order chi connectivity index (χ1) is 9.70. The summed E-state index contributed by atoms with van der Waals surface area (Å²) in [4.78, 5) is -0.269. The van der Waals surface area contributed by atoms with Crippen LogP contribution in [0.5, 0.6) is 0 Å². The van der Waals surface area contributed by atoms with Gasteiger partial charge in [-0.15, -0.1) is 0 Å². The van der Waals surface area contributed by atoms with E-state index in [2.05, 4.69) is 4.72 Å². The third-order valence-corrected chi connectivity index (χ3v) is 4.94. The van der Waals surface area contributed by atoms with E-state index in [1.807, 2.05) is 0 Å². The molecule has 112 valence electrons. The van der Waals surface area contributed by atoms with Crippen molar-refractivity contribution in [3.05, 3.63) is 51.8 Å². The number of anilines is 2. The molecule has 0 aliphatic carbocycles. The van der Waals surface area contributed by atoms with Gasteiger partial charge >= 0.3 is 0 Å². The van der Waals surface area contributed by atoms with Crippen molar-refractivity contribution < 1.29 is 12.8 Å². The van der Waals surface area contributed by atoms with Gasteiger partial charge < -0.3 is 5.73 Å². The van der Waals surface area contributed by atoms with Crippen LogP contribution in [0.25, 0.3) is 0 Å². The van der Waals surface area contributed by atoms with Gasteiger partial charge in [-0.05, 0) is 37.3 Å². The summed E-state index contributed by atoms with van der Waals surface area (Å²) in [7, 11) is -3.98. The molecule has 21 heavy (non-hydrogen) atoms. The lowest BCUT2D eigenvalue weighted by molar-refractivity contribution is 0.593. The van der Waals surface area contributed by atoms with Crippen LogP contribution in [0.15, 0.2) is 35.2 Å². The lowest BCUT2D eigenvalue weighted by Crippen LogP contribution is -2.14. The number of benzene rings is 2. The van der Waals surface area contributed by atoms with E-state index in [1.165, 1.54) is 31.2 Å². The molecule has 0 atom stereocenters. The highest BCUT2D eigenvalue weighted by Gasteiger charge is 2.18. The maximum Gasteiger partial charge on any atom is 0.262 e. The van der Waals surface area contributed by atoms with E-state index in [4.69, 9.17) is 28.9 Å². The fourth-order valence-corrected chi connectivity index (χ4v) is 3.00. The Morgan fingerprint density at radius 3 is 2.38 bits per heavy atom. The van der Waals surface area contributed by atoms with Gasteiger partial charge in [-0.25, -0.2) is 12.8 Å². The van der Waals surface area contributed by atoms with E-state index in [0.717, 1.165) is 6.07 Å². The van der Waals surface area contributed by atoms with Crippen molar-refractivity contribution >= 4 is 44.6 Å². The fraction of sp³-hybridized carbons (Fsp3) is 0.0769. The summed E-state index contributed by atoms with van der Waals surface area (Å²) in [6.07, 6.45) is 0. The van der Waals surface area contributed by atoms with E-state index in [0.29, 0.717) is 5.02 Å². The Labute approximate surface area is 131 Å². The number of halogens is 3. The smallest absolute Gasteiger partial charge is 0.262 e. The van der Waals surface area contributed by atoms with Crippen molar-refractivity contribution in [2.75, 3.05) is 10.5 Å². The van der Waals surface area contributed by atoms with Gasteiger partial charge in [0.2, 0.25) is 0 Å². The number of nitrogen functional groups attached to an aromatic ring is 1. The van der Waals surface area contributed by atoms with Crippen molar-refractivity contribution in [1.82, 2.24) is 0 Å². The SMILES string of the molecule is Cc1c(N)cc(S(=O)(=O)Nc2ccc(Cl)c(Cl)c2)cc1F. The second-order valence-corrected chi connectivity index (χ2v) is 6.85. The van der Waals surface area contributed by atoms with E-state index in [1.54, 1.807) is 0 Å². The highest BCUT2D eigenvalue weighted by atomic mass is 35.5. The number of rotatable bonds is 3. The molecule has 4 nitrogen and oxygen atoms in total. The summed E-state index contributed by atoms with van der Waals surface area (Å²) in [6, 6.07) is 6.35. The Hall–Kier alpha value is -1.50. The summed E-state index contributed by atoms with van der Waals surface area (Å²) >= 11 is 11.6. The predicted molar refractivity (Wildman–Crippen MR) is 82.8 cm³/mol. The minimum Gasteiger partial charge on any atom is -0.398 e. The van der Waals surface area contributed by atoms with Crippen LogP contribution in [0, 0.1) is 12.7 Å². The first-order valence-corrected chi connectivity index (χ1v) is 7.98. The molecule has 0 spiro atoms. The maximum absolute atomic E-state index is 13.6. The highest BCUT2D eigenvalue weighted by Crippen LogP contribution is 2.27. The summed E-state index contributed by atoms with van der Waals surface area (Å²) in [5.74, 6) is -0.690. The minimum absolute atomic E-state index is 0.0597. The van der Waals surface area contributed by atoms with Gasteiger partial charge in [-0.1, -0.05) is 23.2 Å². The van der Waals surface area contributed by atoms with Crippen molar-refractivity contribution in [3.63, 3.8) is 0 Å². The molecular formula is C13H11Cl2FN2O2S. The quantitative estimate of drug-likeness (QED) is 0.828. The van der Waals surface area contributed by atoms with Crippen LogP contribution in [0.3, 0.4) is 0 Å². The standard InChI is InChI=1S/C13H11Cl2FN2O2S/c1-7-12(16)5-9(6-13(7)17)21(19,20)18-8-2-3-10(14)11(15)4-8/h2-6,18H,17H2,1H3. The zero-order chi connectivity index (χ0) is 15.8. The zero-order valence-corrected chi connectivity index (χ0v) is 13.2. The lowest BCUT2D eigenvalue weighted by atomic mass is 10.2. The van der Waals surface area contributed by atoms with Crippen LogP contribution in [-0.4, -0.2) is 8.42 Å². The number of hydrogen-bond acceptors (Lipinski definition) is 3. The van der Waals surface area contributed by atoms with Crippen LogP contribution in [0.4, 0.5) is 15.8 Å². The van der Waals surface area contributed by atoms with Crippen molar-refractivity contribution in [3.8, 4) is 0 Å². The van der Waals surface area contributed by atoms with E-state index in [-0.39, 0.29) is 26.9 Å². The van der Waals surface area contributed by atoms with Crippen molar-refractivity contribution in [1.29, 1.82) is 0 Å². The number of hydrogen-bond donors (Lipinski definition) is 2. The van der Waals surface area contributed by atoms with Gasteiger partial charge in [0.1, 0.15) is 5.82 Å². The lowest BCUT2D eigenvalue weighted by Gasteiger charge is -2.11. The van der Waals surface area contributed by atoms with Gasteiger partial charge in [0.25, 0.3) is 10.0 Å². The second-order valence-electron chi connectivity index (χ2n) is 4.35. The van der Waals surface area contributed by atoms with Gasteiger partial charge in [0, 0.05) is 11.3 Å². The molecule has 0 unspecified atom stereocenters. The first kappa shape index (κ1) is 15.9. The largest absolute Gasteiger partial charge is 0.398 e. The van der Waals surface area contributed by atoms with Crippen molar-refractivity contribution in [2.45, 2.75) is 11.8 Å². The summed E-state index contributed by atoms with van der Waals surface area (Å²) in [6.45, 7) is 1.47. The molecule has 2 rings (SSSR count). The molecule has 0 amide bonds. The molecule has 8 heteroatoms. The average molecular weight is 349 g/mol. The molecule has 0 aromatic heterocycles. The first-order valence-electron chi connectivity index (χ1n) is 5.74. The molecule has 0 aliphatic heterocycles. The van der Waals surface area contributed by atoms with Gasteiger partial charge in [-0.2, -0.15) is 0 Å².